The molecule has 2 atom stereocenters. The summed E-state index contributed by atoms with van der Waals surface area (Å²) in [7, 11) is 0. The van der Waals surface area contributed by atoms with Crippen LogP contribution in [0.15, 0.2) is 24.3 Å². The van der Waals surface area contributed by atoms with Gasteiger partial charge in [0.05, 0.1) is 6.61 Å². The van der Waals surface area contributed by atoms with Gasteiger partial charge in [-0.15, -0.1) is 0 Å². The van der Waals surface area contributed by atoms with Crippen molar-refractivity contribution < 1.29 is 4.74 Å². The van der Waals surface area contributed by atoms with E-state index < -0.39 is 0 Å². The van der Waals surface area contributed by atoms with Crippen LogP contribution in [0.3, 0.4) is 0 Å². The standard InChI is InChI=1S/C14H21NO/c1-3-11-9-10-15-14(11)12-5-7-13(8-6-12)16-4-2/h5-8,11,14-15H,3-4,9-10H2,1-2H3/t11-,14-/m1/s1. The molecule has 0 radical (unpaired) electrons. The van der Waals surface area contributed by atoms with E-state index in [1.54, 1.807) is 0 Å². The number of ether oxygens (including phenoxy) is 1. The highest BCUT2D eigenvalue weighted by molar-refractivity contribution is 5.30. The van der Waals surface area contributed by atoms with E-state index in [-0.39, 0.29) is 0 Å². The number of hydrogen-bond acceptors (Lipinski definition) is 2. The maximum absolute atomic E-state index is 5.46. The average molecular weight is 219 g/mol. The van der Waals surface area contributed by atoms with Crippen molar-refractivity contribution in [2.45, 2.75) is 32.7 Å². The predicted octanol–water partition coefficient (Wildman–Crippen LogP) is 3.15. The number of benzene rings is 1. The molecule has 1 heterocycles. The smallest absolute Gasteiger partial charge is 0.119 e. The molecular formula is C14H21NO. The van der Waals surface area contributed by atoms with E-state index >= 15 is 0 Å². The third kappa shape index (κ3) is 2.38. The largest absolute Gasteiger partial charge is 0.494 e. The van der Waals surface area contributed by atoms with Crippen LogP contribution in [0.25, 0.3) is 0 Å². The van der Waals surface area contributed by atoms with Gasteiger partial charge in [-0.05, 0) is 43.5 Å². The first-order valence-electron chi connectivity index (χ1n) is 6.31. The quantitative estimate of drug-likeness (QED) is 0.840. The van der Waals surface area contributed by atoms with Crippen LogP contribution in [-0.4, -0.2) is 13.2 Å². The number of hydrogen-bond donors (Lipinski definition) is 1. The second kappa shape index (κ2) is 5.35. The second-order valence-corrected chi connectivity index (χ2v) is 4.39. The molecule has 1 N–H and O–H groups in total. The molecule has 0 bridgehead atoms. The highest BCUT2D eigenvalue weighted by Gasteiger charge is 2.26. The maximum atomic E-state index is 5.46. The number of nitrogens with one attached hydrogen (secondary N) is 1. The lowest BCUT2D eigenvalue weighted by molar-refractivity contribution is 0.340. The van der Waals surface area contributed by atoms with Crippen LogP contribution >= 0.6 is 0 Å². The summed E-state index contributed by atoms with van der Waals surface area (Å²) < 4.78 is 5.46. The van der Waals surface area contributed by atoms with Crippen LogP contribution < -0.4 is 10.1 Å². The third-order valence-corrected chi connectivity index (χ3v) is 3.43. The molecule has 2 heteroatoms. The molecule has 1 aliphatic heterocycles. The first-order chi connectivity index (χ1) is 7.85. The fourth-order valence-electron chi connectivity index (χ4n) is 2.53. The lowest BCUT2D eigenvalue weighted by Gasteiger charge is -2.18. The number of rotatable bonds is 4. The maximum Gasteiger partial charge on any atom is 0.119 e. The van der Waals surface area contributed by atoms with Crippen molar-refractivity contribution in [3.05, 3.63) is 29.8 Å². The Bertz CT molecular complexity index is 320. The van der Waals surface area contributed by atoms with E-state index in [4.69, 9.17) is 4.74 Å². The Labute approximate surface area is 98.0 Å². The first-order valence-corrected chi connectivity index (χ1v) is 6.31. The van der Waals surface area contributed by atoms with Gasteiger partial charge in [-0.3, -0.25) is 0 Å². The summed E-state index contributed by atoms with van der Waals surface area (Å²) in [5.74, 6) is 1.76. The lowest BCUT2D eigenvalue weighted by atomic mass is 9.92. The summed E-state index contributed by atoms with van der Waals surface area (Å²) in [4.78, 5) is 0. The van der Waals surface area contributed by atoms with E-state index in [1.165, 1.54) is 18.4 Å². The van der Waals surface area contributed by atoms with Gasteiger partial charge in [-0.2, -0.15) is 0 Å². The minimum atomic E-state index is 0.542. The van der Waals surface area contributed by atoms with Crippen molar-refractivity contribution in [2.75, 3.05) is 13.2 Å². The van der Waals surface area contributed by atoms with Gasteiger partial charge in [-0.1, -0.05) is 25.5 Å². The fraction of sp³-hybridized carbons (Fsp3) is 0.571. The summed E-state index contributed by atoms with van der Waals surface area (Å²) in [5, 5.41) is 3.58. The van der Waals surface area contributed by atoms with Crippen LogP contribution in [0.2, 0.25) is 0 Å². The summed E-state index contributed by atoms with van der Waals surface area (Å²) in [6.07, 6.45) is 2.55. The van der Waals surface area contributed by atoms with Crippen LogP contribution in [-0.2, 0) is 0 Å². The highest BCUT2D eigenvalue weighted by Crippen LogP contribution is 2.32. The van der Waals surface area contributed by atoms with Crippen molar-refractivity contribution in [3.8, 4) is 5.75 Å². The Kier molecular flexibility index (Phi) is 3.83. The molecule has 1 saturated heterocycles. The molecule has 0 saturated carbocycles. The van der Waals surface area contributed by atoms with Crippen molar-refractivity contribution in [1.82, 2.24) is 5.32 Å². The minimum absolute atomic E-state index is 0.542. The molecule has 0 spiro atoms. The molecule has 0 aliphatic carbocycles. The Morgan fingerprint density at radius 3 is 2.62 bits per heavy atom. The zero-order chi connectivity index (χ0) is 11.4. The molecule has 0 amide bonds. The van der Waals surface area contributed by atoms with Crippen molar-refractivity contribution >= 4 is 0 Å². The zero-order valence-corrected chi connectivity index (χ0v) is 10.2. The highest BCUT2D eigenvalue weighted by atomic mass is 16.5. The molecule has 0 unspecified atom stereocenters. The Morgan fingerprint density at radius 2 is 2.00 bits per heavy atom. The first kappa shape index (κ1) is 11.5. The van der Waals surface area contributed by atoms with E-state index in [2.05, 4.69) is 36.5 Å². The Balaban J connectivity index is 2.08. The van der Waals surface area contributed by atoms with Gasteiger partial charge < -0.3 is 10.1 Å². The third-order valence-electron chi connectivity index (χ3n) is 3.43. The SMILES string of the molecule is CCOc1ccc([C@@H]2NCC[C@H]2CC)cc1. The molecule has 2 rings (SSSR count). The summed E-state index contributed by atoms with van der Waals surface area (Å²) in [5.41, 5.74) is 1.40. The van der Waals surface area contributed by atoms with E-state index in [0.29, 0.717) is 6.04 Å². The lowest BCUT2D eigenvalue weighted by Crippen LogP contribution is -2.17. The summed E-state index contributed by atoms with van der Waals surface area (Å²) in [6, 6.07) is 9.07. The second-order valence-electron chi connectivity index (χ2n) is 4.39. The molecule has 1 aliphatic rings. The normalized spacial score (nSPS) is 24.6. The molecule has 1 aromatic rings. The monoisotopic (exact) mass is 219 g/mol. The van der Waals surface area contributed by atoms with E-state index in [9.17, 15) is 0 Å². The van der Waals surface area contributed by atoms with Gasteiger partial charge in [0.1, 0.15) is 5.75 Å². The molecule has 16 heavy (non-hydrogen) atoms. The van der Waals surface area contributed by atoms with Gasteiger partial charge in [0.2, 0.25) is 0 Å². The van der Waals surface area contributed by atoms with E-state index in [0.717, 1.165) is 24.8 Å². The van der Waals surface area contributed by atoms with Gasteiger partial charge in [0.25, 0.3) is 0 Å². The molecule has 88 valence electrons. The predicted molar refractivity (Wildman–Crippen MR) is 66.8 cm³/mol. The van der Waals surface area contributed by atoms with Gasteiger partial charge in [0.15, 0.2) is 0 Å². The minimum Gasteiger partial charge on any atom is -0.494 e. The fourth-order valence-corrected chi connectivity index (χ4v) is 2.53. The van der Waals surface area contributed by atoms with Crippen LogP contribution in [0.5, 0.6) is 5.75 Å². The van der Waals surface area contributed by atoms with Gasteiger partial charge in [-0.25, -0.2) is 0 Å². The average Bonchev–Trinajstić information content (AvgIpc) is 2.78. The van der Waals surface area contributed by atoms with E-state index in [1.807, 2.05) is 6.92 Å². The topological polar surface area (TPSA) is 21.3 Å². The molecule has 2 nitrogen and oxygen atoms in total. The molecule has 0 aromatic heterocycles. The zero-order valence-electron chi connectivity index (χ0n) is 10.2. The van der Waals surface area contributed by atoms with Crippen LogP contribution in [0.1, 0.15) is 38.3 Å². The molecule has 1 fully saturated rings. The van der Waals surface area contributed by atoms with Gasteiger partial charge in [0, 0.05) is 6.04 Å². The van der Waals surface area contributed by atoms with Gasteiger partial charge >= 0.3 is 0 Å². The Hall–Kier alpha value is -1.02. The molecule has 1 aromatic carbocycles. The summed E-state index contributed by atoms with van der Waals surface area (Å²) in [6.45, 7) is 6.17. The molecular weight excluding hydrogens is 198 g/mol. The summed E-state index contributed by atoms with van der Waals surface area (Å²) >= 11 is 0. The van der Waals surface area contributed by atoms with Crippen LogP contribution in [0, 0.1) is 5.92 Å². The Morgan fingerprint density at radius 1 is 1.25 bits per heavy atom. The van der Waals surface area contributed by atoms with Crippen molar-refractivity contribution in [1.29, 1.82) is 0 Å². The van der Waals surface area contributed by atoms with Crippen molar-refractivity contribution in [3.63, 3.8) is 0 Å². The van der Waals surface area contributed by atoms with Crippen molar-refractivity contribution in [2.24, 2.45) is 5.92 Å². The van der Waals surface area contributed by atoms with Crippen LogP contribution in [0.4, 0.5) is 0 Å².